The van der Waals surface area contributed by atoms with Gasteiger partial charge in [-0.05, 0) is 55.8 Å². The Labute approximate surface area is 178 Å². The van der Waals surface area contributed by atoms with Gasteiger partial charge >= 0.3 is 5.97 Å². The van der Waals surface area contributed by atoms with Crippen LogP contribution in [0.3, 0.4) is 0 Å². The summed E-state index contributed by atoms with van der Waals surface area (Å²) in [5.74, 6) is -1.03. The average Bonchev–Trinajstić information content (AvgIpc) is 3.15. The van der Waals surface area contributed by atoms with Crippen molar-refractivity contribution in [2.45, 2.75) is 19.4 Å². The normalized spacial score (nSPS) is 11.6. The van der Waals surface area contributed by atoms with E-state index in [9.17, 15) is 9.18 Å². The quantitative estimate of drug-likeness (QED) is 0.409. The lowest BCUT2D eigenvalue weighted by molar-refractivity contribution is 0.0594. The van der Waals surface area contributed by atoms with Crippen LogP contribution in [0.1, 0.15) is 30.0 Å². The Morgan fingerprint density at radius 3 is 2.63 bits per heavy atom. The molecule has 30 heavy (non-hydrogen) atoms. The molecule has 4 aromatic rings. The molecule has 0 atom stereocenters. The minimum absolute atomic E-state index is 0.0578. The van der Waals surface area contributed by atoms with Gasteiger partial charge in [-0.3, -0.25) is 4.98 Å². The molecular weight excluding hydrogens is 405 g/mol. The van der Waals surface area contributed by atoms with E-state index in [4.69, 9.17) is 16.3 Å². The van der Waals surface area contributed by atoms with Gasteiger partial charge in [-0.15, -0.1) is 0 Å². The largest absolute Gasteiger partial charge is 0.464 e. The molecule has 1 aromatic carbocycles. The van der Waals surface area contributed by atoms with E-state index in [2.05, 4.69) is 9.97 Å². The Kier molecular flexibility index (Phi) is 5.03. The molecule has 0 amide bonds. The maximum absolute atomic E-state index is 14.2. The highest BCUT2D eigenvalue weighted by Gasteiger charge is 2.28. The van der Waals surface area contributed by atoms with E-state index >= 15 is 0 Å². The summed E-state index contributed by atoms with van der Waals surface area (Å²) in [6, 6.07) is 13.8. The second kappa shape index (κ2) is 7.54. The molecule has 7 heteroatoms. The van der Waals surface area contributed by atoms with Crippen molar-refractivity contribution in [3.63, 3.8) is 0 Å². The molecule has 0 radical (unpaired) electrons. The maximum Gasteiger partial charge on any atom is 0.356 e. The van der Waals surface area contributed by atoms with Gasteiger partial charge in [0.05, 0.1) is 23.4 Å². The van der Waals surface area contributed by atoms with Gasteiger partial charge in [0.25, 0.3) is 0 Å². The van der Waals surface area contributed by atoms with E-state index in [1.54, 1.807) is 24.4 Å². The maximum atomic E-state index is 14.2. The number of hydrogen-bond donors (Lipinski definition) is 0. The summed E-state index contributed by atoms with van der Waals surface area (Å²) in [5.41, 5.74) is 2.42. The molecule has 3 aromatic heterocycles. The van der Waals surface area contributed by atoms with Crippen LogP contribution in [0.25, 0.3) is 22.2 Å². The first kappa shape index (κ1) is 20.0. The van der Waals surface area contributed by atoms with Crippen molar-refractivity contribution in [3.8, 4) is 11.1 Å². The summed E-state index contributed by atoms with van der Waals surface area (Å²) < 4.78 is 20.9. The topological polar surface area (TPSA) is 57.0 Å². The molecule has 0 saturated carbocycles. The molecule has 5 nitrogen and oxygen atoms in total. The second-order valence-corrected chi connectivity index (χ2v) is 7.78. The Morgan fingerprint density at radius 1 is 1.17 bits per heavy atom. The van der Waals surface area contributed by atoms with Crippen LogP contribution in [0, 0.1) is 5.82 Å². The summed E-state index contributed by atoms with van der Waals surface area (Å²) in [5, 5.41) is 0.829. The number of methoxy groups -OCH3 is 1. The third-order valence-corrected chi connectivity index (χ3v) is 5.48. The van der Waals surface area contributed by atoms with E-state index < -0.39 is 17.3 Å². The van der Waals surface area contributed by atoms with Gasteiger partial charge in [0.2, 0.25) is 0 Å². The van der Waals surface area contributed by atoms with E-state index in [0.29, 0.717) is 11.2 Å². The molecule has 0 aliphatic carbocycles. The van der Waals surface area contributed by atoms with Gasteiger partial charge in [-0.25, -0.2) is 14.2 Å². The first-order valence-electron chi connectivity index (χ1n) is 9.30. The summed E-state index contributed by atoms with van der Waals surface area (Å²) >= 11 is 5.86. The number of carbonyl (C=O) groups excluding carboxylic acids is 1. The van der Waals surface area contributed by atoms with Gasteiger partial charge in [-0.1, -0.05) is 23.7 Å². The van der Waals surface area contributed by atoms with E-state index in [0.717, 1.165) is 16.6 Å². The Balaban J connectivity index is 2.00. The standard InChI is InChI=1S/C23H19ClFN3O2/c1-23(2,20-6-4-5-11-26-20)28-13-16(14-7-9-17(24)18(25)12-14)15-8-10-19(22(29)30-3)27-21(15)28/h4-13H,1-3H3. The Hall–Kier alpha value is -3.25. The molecule has 0 unspecified atom stereocenters. The van der Waals surface area contributed by atoms with Crippen LogP contribution in [0.4, 0.5) is 4.39 Å². The number of halogens is 2. The molecule has 0 spiro atoms. The van der Waals surface area contributed by atoms with Crippen molar-refractivity contribution in [2.75, 3.05) is 7.11 Å². The van der Waals surface area contributed by atoms with Crippen LogP contribution >= 0.6 is 11.6 Å². The van der Waals surface area contributed by atoms with Crippen molar-refractivity contribution >= 4 is 28.6 Å². The molecule has 0 N–H and O–H groups in total. The predicted molar refractivity (Wildman–Crippen MR) is 114 cm³/mol. The number of esters is 1. The number of aromatic nitrogens is 3. The Morgan fingerprint density at radius 2 is 1.97 bits per heavy atom. The highest BCUT2D eigenvalue weighted by atomic mass is 35.5. The molecule has 0 fully saturated rings. The van der Waals surface area contributed by atoms with E-state index in [1.165, 1.54) is 19.2 Å². The Bertz CT molecular complexity index is 1250. The number of benzene rings is 1. The number of hydrogen-bond acceptors (Lipinski definition) is 4. The van der Waals surface area contributed by atoms with Crippen molar-refractivity contribution in [2.24, 2.45) is 0 Å². The number of rotatable bonds is 4. The minimum atomic E-state index is -0.593. The first-order chi connectivity index (χ1) is 14.3. The zero-order chi connectivity index (χ0) is 21.5. The zero-order valence-corrected chi connectivity index (χ0v) is 17.4. The lowest BCUT2D eigenvalue weighted by Gasteiger charge is -2.27. The molecule has 0 saturated heterocycles. The minimum Gasteiger partial charge on any atom is -0.464 e. The van der Waals surface area contributed by atoms with Crippen molar-refractivity contribution in [3.05, 3.63) is 83.2 Å². The van der Waals surface area contributed by atoms with Gasteiger partial charge in [0, 0.05) is 23.3 Å². The fourth-order valence-electron chi connectivity index (χ4n) is 3.49. The molecular formula is C23H19ClFN3O2. The van der Waals surface area contributed by atoms with E-state index in [-0.39, 0.29) is 10.7 Å². The third-order valence-electron chi connectivity index (χ3n) is 5.17. The van der Waals surface area contributed by atoms with E-state index in [1.807, 2.05) is 42.8 Å². The molecule has 0 aliphatic rings. The van der Waals surface area contributed by atoms with Crippen LogP contribution in [0.15, 0.2) is 60.9 Å². The number of fused-ring (bicyclic) bond motifs is 1. The fraction of sp³-hybridized carbons (Fsp3) is 0.174. The molecule has 0 bridgehead atoms. The monoisotopic (exact) mass is 423 g/mol. The third kappa shape index (κ3) is 3.33. The number of pyridine rings is 2. The van der Waals surface area contributed by atoms with Crippen LogP contribution in [0.2, 0.25) is 5.02 Å². The van der Waals surface area contributed by atoms with Gasteiger partial charge in [0.15, 0.2) is 5.69 Å². The number of nitrogens with zero attached hydrogens (tertiary/aromatic N) is 3. The summed E-state index contributed by atoms with van der Waals surface area (Å²) in [4.78, 5) is 21.1. The van der Waals surface area contributed by atoms with Crippen molar-refractivity contribution in [1.29, 1.82) is 0 Å². The average molecular weight is 424 g/mol. The van der Waals surface area contributed by atoms with Crippen molar-refractivity contribution < 1.29 is 13.9 Å². The molecule has 3 heterocycles. The van der Waals surface area contributed by atoms with Crippen LogP contribution in [0.5, 0.6) is 0 Å². The number of ether oxygens (including phenoxy) is 1. The summed E-state index contributed by atoms with van der Waals surface area (Å²) in [6.07, 6.45) is 3.63. The fourth-order valence-corrected chi connectivity index (χ4v) is 3.61. The van der Waals surface area contributed by atoms with Crippen LogP contribution < -0.4 is 0 Å². The molecule has 4 rings (SSSR count). The van der Waals surface area contributed by atoms with Crippen molar-refractivity contribution in [1.82, 2.24) is 14.5 Å². The predicted octanol–water partition coefficient (Wildman–Crippen LogP) is 5.46. The van der Waals surface area contributed by atoms with Gasteiger partial charge < -0.3 is 9.30 Å². The lowest BCUT2D eigenvalue weighted by atomic mass is 9.99. The second-order valence-electron chi connectivity index (χ2n) is 7.37. The number of carbonyl (C=O) groups is 1. The zero-order valence-electron chi connectivity index (χ0n) is 16.7. The van der Waals surface area contributed by atoms with Gasteiger partial charge in [-0.2, -0.15) is 0 Å². The summed E-state index contributed by atoms with van der Waals surface area (Å²) in [6.45, 7) is 4.01. The van der Waals surface area contributed by atoms with Crippen LogP contribution in [-0.2, 0) is 10.3 Å². The lowest BCUT2D eigenvalue weighted by Crippen LogP contribution is -2.28. The highest BCUT2D eigenvalue weighted by molar-refractivity contribution is 6.30. The summed E-state index contributed by atoms with van der Waals surface area (Å²) in [7, 11) is 1.31. The molecule has 0 aliphatic heterocycles. The smallest absolute Gasteiger partial charge is 0.356 e. The SMILES string of the molecule is COC(=O)c1ccc2c(-c3ccc(Cl)c(F)c3)cn(C(C)(C)c3ccccn3)c2n1. The first-order valence-corrected chi connectivity index (χ1v) is 9.68. The van der Waals surface area contributed by atoms with Crippen LogP contribution in [-0.4, -0.2) is 27.6 Å². The van der Waals surface area contributed by atoms with Gasteiger partial charge in [0.1, 0.15) is 11.5 Å². The molecule has 152 valence electrons. The highest BCUT2D eigenvalue weighted by Crippen LogP contribution is 2.36.